The zero-order valence-corrected chi connectivity index (χ0v) is 22.7. The first-order valence-electron chi connectivity index (χ1n) is 13.7. The Morgan fingerprint density at radius 3 is 1.79 bits per heavy atom. The van der Waals surface area contributed by atoms with Crippen molar-refractivity contribution < 1.29 is 33.7 Å². The van der Waals surface area contributed by atoms with Gasteiger partial charge in [0.15, 0.2) is 0 Å². The van der Waals surface area contributed by atoms with Crippen molar-refractivity contribution >= 4 is 18.2 Å². The van der Waals surface area contributed by atoms with E-state index < -0.39 is 0 Å². The van der Waals surface area contributed by atoms with E-state index in [1.54, 1.807) is 16.7 Å². The average Bonchev–Trinajstić information content (AvgIpc) is 3.00. The molecule has 0 unspecified atom stereocenters. The smallest absolute Gasteiger partial charge is 0.410 e. The molecule has 212 valence electrons. The van der Waals surface area contributed by atoms with Crippen LogP contribution in [0.2, 0.25) is 0 Å². The molecule has 0 saturated carbocycles. The van der Waals surface area contributed by atoms with Gasteiger partial charge in [0.2, 0.25) is 0 Å². The normalized spacial score (nSPS) is 18.8. The quantitative estimate of drug-likeness (QED) is 0.403. The third kappa shape index (κ3) is 10.2. The molecule has 0 aromatic heterocycles. The molecular formula is C30H40N2O7. The second kappa shape index (κ2) is 16.4. The molecule has 39 heavy (non-hydrogen) atoms. The van der Waals surface area contributed by atoms with Gasteiger partial charge in [-0.3, -0.25) is 4.79 Å². The molecule has 2 aromatic rings. The van der Waals surface area contributed by atoms with Gasteiger partial charge in [0.1, 0.15) is 13.2 Å². The number of hydrogen-bond acceptors (Lipinski definition) is 7. The summed E-state index contributed by atoms with van der Waals surface area (Å²) in [7, 11) is 0. The van der Waals surface area contributed by atoms with E-state index >= 15 is 0 Å². The highest BCUT2D eigenvalue weighted by Crippen LogP contribution is 2.19. The number of hydrogen-bond donors (Lipinski definition) is 1. The largest absolute Gasteiger partial charge is 0.466 e. The number of rotatable bonds is 7. The highest BCUT2D eigenvalue weighted by molar-refractivity contribution is 5.74. The maximum absolute atomic E-state index is 12.0. The van der Waals surface area contributed by atoms with Crippen LogP contribution in [-0.2, 0) is 32.2 Å². The molecule has 9 heteroatoms. The first-order valence-corrected chi connectivity index (χ1v) is 13.7. The zero-order chi connectivity index (χ0) is 27.9. The van der Waals surface area contributed by atoms with Crippen LogP contribution < -0.4 is 0 Å². The van der Waals surface area contributed by atoms with Crippen molar-refractivity contribution in [1.82, 2.24) is 9.80 Å². The number of ether oxygens (including phenoxy) is 3. The predicted molar refractivity (Wildman–Crippen MR) is 146 cm³/mol. The summed E-state index contributed by atoms with van der Waals surface area (Å²) in [4.78, 5) is 38.9. The first-order chi connectivity index (χ1) is 19.0. The fourth-order valence-corrected chi connectivity index (χ4v) is 4.60. The van der Waals surface area contributed by atoms with Crippen molar-refractivity contribution in [2.45, 2.75) is 45.8 Å². The van der Waals surface area contributed by atoms with Crippen molar-refractivity contribution in [2.24, 2.45) is 11.8 Å². The summed E-state index contributed by atoms with van der Waals surface area (Å²) < 4.78 is 15.6. The average molecular weight is 541 g/mol. The highest BCUT2D eigenvalue weighted by atomic mass is 16.6. The van der Waals surface area contributed by atoms with Crippen LogP contribution in [0.3, 0.4) is 0 Å². The number of carbonyl (C=O) groups excluding carboxylic acids is 3. The summed E-state index contributed by atoms with van der Waals surface area (Å²) in [5.41, 5.74) is 1.94. The second-order valence-electron chi connectivity index (χ2n) is 9.75. The van der Waals surface area contributed by atoms with Crippen LogP contribution >= 0.6 is 0 Å². The Labute approximate surface area is 230 Å². The number of aliphatic hydroxyl groups excluding tert-OH is 1. The van der Waals surface area contributed by atoms with E-state index in [1.807, 2.05) is 60.7 Å². The van der Waals surface area contributed by atoms with E-state index in [9.17, 15) is 14.4 Å². The lowest BCUT2D eigenvalue weighted by Crippen LogP contribution is -2.43. The molecule has 2 heterocycles. The van der Waals surface area contributed by atoms with Crippen molar-refractivity contribution in [1.29, 1.82) is 0 Å². The van der Waals surface area contributed by atoms with Crippen LogP contribution in [0.25, 0.3) is 0 Å². The summed E-state index contributed by atoms with van der Waals surface area (Å²) in [5.74, 6) is -0.260. The van der Waals surface area contributed by atoms with Gasteiger partial charge in [0.05, 0.1) is 12.5 Å². The van der Waals surface area contributed by atoms with Crippen LogP contribution in [0.1, 0.15) is 43.7 Å². The van der Waals surface area contributed by atoms with Crippen LogP contribution in [0.4, 0.5) is 9.59 Å². The number of nitrogens with zero attached hydrogens (tertiary/aromatic N) is 2. The van der Waals surface area contributed by atoms with E-state index in [0.717, 1.165) is 43.4 Å². The zero-order valence-electron chi connectivity index (χ0n) is 22.7. The molecule has 0 bridgehead atoms. The van der Waals surface area contributed by atoms with Crippen LogP contribution in [0.5, 0.6) is 0 Å². The van der Waals surface area contributed by atoms with Crippen molar-refractivity contribution in [3.05, 3.63) is 71.8 Å². The fourth-order valence-electron chi connectivity index (χ4n) is 4.60. The van der Waals surface area contributed by atoms with Gasteiger partial charge >= 0.3 is 18.2 Å². The molecule has 0 spiro atoms. The number of benzene rings is 2. The number of carbonyl (C=O) groups is 3. The summed E-state index contributed by atoms with van der Waals surface area (Å²) in [6, 6.07) is 19.2. The Hall–Kier alpha value is -3.59. The van der Waals surface area contributed by atoms with Crippen molar-refractivity contribution in [3.63, 3.8) is 0 Å². The molecule has 0 aliphatic carbocycles. The van der Waals surface area contributed by atoms with Gasteiger partial charge in [-0.05, 0) is 49.7 Å². The monoisotopic (exact) mass is 540 g/mol. The summed E-state index contributed by atoms with van der Waals surface area (Å²) >= 11 is 0. The molecule has 2 aromatic carbocycles. The standard InChI is InChI=1S/C16H21NO4.C14H19NO3/c1-2-20-15(18)14-9-6-10-17(11-14)16(19)21-12-13-7-4-3-5-8-13;16-10-13-7-4-8-15(9-13)14(17)18-11-12-5-2-1-3-6-12/h3-5,7-8,14H,2,6,9-12H2,1H3;1-3,5-6,13,16H,4,7-11H2/t14-;13-/m11/s1. The van der Waals surface area contributed by atoms with Crippen LogP contribution in [-0.4, -0.2) is 72.5 Å². The van der Waals surface area contributed by atoms with E-state index in [2.05, 4.69) is 0 Å². The van der Waals surface area contributed by atoms with Gasteiger partial charge in [-0.2, -0.15) is 0 Å². The number of aliphatic hydroxyl groups is 1. The Kier molecular flexibility index (Phi) is 12.6. The third-order valence-electron chi connectivity index (χ3n) is 6.75. The number of amides is 2. The minimum atomic E-state index is -0.368. The first kappa shape index (κ1) is 30.0. The number of likely N-dealkylation sites (tertiary alicyclic amines) is 2. The van der Waals surface area contributed by atoms with Gasteiger partial charge in [-0.15, -0.1) is 0 Å². The molecule has 2 aliphatic rings. The molecule has 2 amide bonds. The Bertz CT molecular complexity index is 1020. The molecule has 2 atom stereocenters. The molecule has 9 nitrogen and oxygen atoms in total. The molecular weight excluding hydrogens is 500 g/mol. The van der Waals surface area contributed by atoms with E-state index in [1.165, 1.54) is 0 Å². The van der Waals surface area contributed by atoms with Gasteiger partial charge < -0.3 is 29.1 Å². The van der Waals surface area contributed by atoms with Crippen LogP contribution in [0.15, 0.2) is 60.7 Å². The van der Waals surface area contributed by atoms with E-state index in [0.29, 0.717) is 32.8 Å². The summed E-state index contributed by atoms with van der Waals surface area (Å²) in [6.45, 7) is 5.19. The highest BCUT2D eigenvalue weighted by Gasteiger charge is 2.30. The molecule has 0 radical (unpaired) electrons. The van der Waals surface area contributed by atoms with Crippen LogP contribution in [0, 0.1) is 11.8 Å². The lowest BCUT2D eigenvalue weighted by molar-refractivity contribution is -0.149. The van der Waals surface area contributed by atoms with E-state index in [-0.39, 0.29) is 43.2 Å². The van der Waals surface area contributed by atoms with E-state index in [4.69, 9.17) is 19.3 Å². The van der Waals surface area contributed by atoms with Crippen molar-refractivity contribution in [2.75, 3.05) is 39.4 Å². The lowest BCUT2D eigenvalue weighted by Gasteiger charge is -2.31. The Morgan fingerprint density at radius 2 is 1.28 bits per heavy atom. The molecule has 2 aliphatic heterocycles. The number of piperidine rings is 2. The molecule has 2 fully saturated rings. The summed E-state index contributed by atoms with van der Waals surface area (Å²) in [5, 5.41) is 9.12. The third-order valence-corrected chi connectivity index (χ3v) is 6.75. The van der Waals surface area contributed by atoms with Gasteiger partial charge in [-0.1, -0.05) is 60.7 Å². The lowest BCUT2D eigenvalue weighted by atomic mass is 9.99. The van der Waals surface area contributed by atoms with Crippen molar-refractivity contribution in [3.8, 4) is 0 Å². The minimum absolute atomic E-state index is 0.141. The topological polar surface area (TPSA) is 106 Å². The molecule has 1 N–H and O–H groups in total. The maximum Gasteiger partial charge on any atom is 0.410 e. The molecule has 4 rings (SSSR count). The maximum atomic E-state index is 12.0. The Balaban J connectivity index is 0.000000218. The number of esters is 1. The van der Waals surface area contributed by atoms with Gasteiger partial charge in [0, 0.05) is 32.8 Å². The van der Waals surface area contributed by atoms with Gasteiger partial charge in [0.25, 0.3) is 0 Å². The summed E-state index contributed by atoms with van der Waals surface area (Å²) in [6.07, 6.45) is 2.83. The predicted octanol–water partition coefficient (Wildman–Crippen LogP) is 4.63. The SMILES string of the molecule is CCOC(=O)[C@@H]1CCCN(C(=O)OCc2ccccc2)C1.O=C(OCc1ccccc1)N1CCC[C@@H](CO)C1. The molecule has 2 saturated heterocycles. The minimum Gasteiger partial charge on any atom is -0.466 e. The second-order valence-corrected chi connectivity index (χ2v) is 9.75. The Morgan fingerprint density at radius 1 is 0.769 bits per heavy atom. The van der Waals surface area contributed by atoms with Gasteiger partial charge in [-0.25, -0.2) is 9.59 Å². The fraction of sp³-hybridized carbons (Fsp3) is 0.500.